The molecule has 3 atom stereocenters. The van der Waals surface area contributed by atoms with Gasteiger partial charge in [0, 0.05) is 37.0 Å². The highest BCUT2D eigenvalue weighted by atomic mass is 32.2. The van der Waals surface area contributed by atoms with Crippen LogP contribution in [0.3, 0.4) is 0 Å². The predicted molar refractivity (Wildman–Crippen MR) is 133 cm³/mol. The molecule has 0 spiro atoms. The van der Waals surface area contributed by atoms with E-state index in [1.807, 2.05) is 23.6 Å². The van der Waals surface area contributed by atoms with Gasteiger partial charge in [0.1, 0.15) is 5.78 Å². The maximum atomic E-state index is 12.1. The van der Waals surface area contributed by atoms with E-state index in [1.54, 1.807) is 0 Å². The second-order valence-electron chi connectivity index (χ2n) is 8.69. The molecule has 2 N–H and O–H groups in total. The lowest BCUT2D eigenvalue weighted by atomic mass is 10.0. The van der Waals surface area contributed by atoms with Crippen LogP contribution in [0, 0.1) is 0 Å². The Bertz CT molecular complexity index is 639. The van der Waals surface area contributed by atoms with Gasteiger partial charge in [0.2, 0.25) is 0 Å². The molecular formula is C24H42N2O8S. The highest BCUT2D eigenvalue weighted by molar-refractivity contribution is 8.00. The first kappa shape index (κ1) is 29.8. The fraction of sp³-hybridized carbons (Fsp3) is 0.875. The summed E-state index contributed by atoms with van der Waals surface area (Å²) in [5, 5.41) is 12.0. The van der Waals surface area contributed by atoms with Gasteiger partial charge in [-0.25, -0.2) is 4.79 Å². The first-order valence-corrected chi connectivity index (χ1v) is 13.8. The number of aliphatic carboxylic acids is 1. The van der Waals surface area contributed by atoms with Crippen molar-refractivity contribution in [2.45, 2.75) is 69.2 Å². The molecule has 0 unspecified atom stereocenters. The first-order chi connectivity index (χ1) is 17.0. The minimum absolute atomic E-state index is 0.00104. The summed E-state index contributed by atoms with van der Waals surface area (Å²) in [4.78, 5) is 36.4. The summed E-state index contributed by atoms with van der Waals surface area (Å²) in [6.45, 7) is 6.17. The smallest absolute Gasteiger partial charge is 0.318 e. The molecule has 0 aromatic heterocycles. The topological polar surface area (TPSA) is 124 Å². The Morgan fingerprint density at radius 3 is 2.14 bits per heavy atom. The second kappa shape index (κ2) is 17.9. The normalized spacial score (nSPS) is 21.3. The molecule has 2 amide bonds. The van der Waals surface area contributed by atoms with E-state index in [0.717, 1.165) is 38.0 Å². The van der Waals surface area contributed by atoms with E-state index in [9.17, 15) is 14.4 Å². The molecule has 35 heavy (non-hydrogen) atoms. The molecule has 2 fully saturated rings. The third-order valence-corrected chi connectivity index (χ3v) is 7.56. The number of carboxylic acid groups (broad SMARTS) is 1. The lowest BCUT2D eigenvalue weighted by Gasteiger charge is -2.26. The average Bonchev–Trinajstić information content (AvgIpc) is 3.36. The molecule has 0 bridgehead atoms. The highest BCUT2D eigenvalue weighted by Gasteiger charge is 2.47. The summed E-state index contributed by atoms with van der Waals surface area (Å²) in [6.07, 6.45) is 4.88. The number of nitrogens with one attached hydrogen (secondary N) is 1. The van der Waals surface area contributed by atoms with Crippen molar-refractivity contribution in [2.75, 3.05) is 65.2 Å². The van der Waals surface area contributed by atoms with Gasteiger partial charge >= 0.3 is 12.0 Å². The van der Waals surface area contributed by atoms with E-state index in [1.165, 1.54) is 0 Å². The Labute approximate surface area is 212 Å². The number of likely N-dealkylation sites (N-methyl/N-ethyl adjacent to an activating group) is 1. The lowest BCUT2D eigenvalue weighted by Crippen LogP contribution is -2.40. The zero-order chi connectivity index (χ0) is 25.3. The van der Waals surface area contributed by atoms with Gasteiger partial charge in [-0.3, -0.25) is 9.59 Å². The number of hydrogen-bond acceptors (Lipinski definition) is 8. The van der Waals surface area contributed by atoms with Crippen LogP contribution in [0.2, 0.25) is 0 Å². The lowest BCUT2D eigenvalue weighted by molar-refractivity contribution is -0.138. The largest absolute Gasteiger partial charge is 0.481 e. The monoisotopic (exact) mass is 518 g/mol. The average molecular weight is 519 g/mol. The number of carboxylic acids is 1. The summed E-state index contributed by atoms with van der Waals surface area (Å²) in [6, 6.07) is 0.652. The maximum Gasteiger partial charge on any atom is 0.318 e. The van der Waals surface area contributed by atoms with Gasteiger partial charge in [-0.15, -0.1) is 0 Å². The van der Waals surface area contributed by atoms with Crippen LogP contribution in [0.5, 0.6) is 0 Å². The van der Waals surface area contributed by atoms with Crippen LogP contribution in [0.4, 0.5) is 4.79 Å². The molecule has 0 aromatic rings. The van der Waals surface area contributed by atoms with E-state index >= 15 is 0 Å². The Morgan fingerprint density at radius 1 is 0.914 bits per heavy atom. The number of ketones is 1. The summed E-state index contributed by atoms with van der Waals surface area (Å²) in [5.41, 5.74) is 0. The number of thioether (sulfide) groups is 1. The SMILES string of the molecule is CCN1C(=O)N[C@H]2CS[C@@H](CCCCC(=O)CCCOCCOCCOCCOCCC(=O)O)[C@H]21. The van der Waals surface area contributed by atoms with E-state index in [2.05, 4.69) is 5.32 Å². The fourth-order valence-corrected chi connectivity index (χ4v) is 5.90. The number of nitrogens with zero attached hydrogens (tertiary/aromatic N) is 1. The third kappa shape index (κ3) is 11.9. The van der Waals surface area contributed by atoms with Crippen molar-refractivity contribution in [2.24, 2.45) is 0 Å². The number of carbonyl (C=O) groups is 3. The number of unbranched alkanes of at least 4 members (excludes halogenated alkanes) is 1. The molecule has 2 heterocycles. The molecular weight excluding hydrogens is 476 g/mol. The molecule has 0 radical (unpaired) electrons. The van der Waals surface area contributed by atoms with E-state index in [0.29, 0.717) is 76.2 Å². The molecule has 2 saturated heterocycles. The van der Waals surface area contributed by atoms with Crippen molar-refractivity contribution in [1.82, 2.24) is 10.2 Å². The van der Waals surface area contributed by atoms with E-state index in [4.69, 9.17) is 24.1 Å². The standard InChI is InChI=1S/C24H42N2O8S/c1-2-26-23-20(25-24(26)30)18-35-21(23)8-4-3-6-19(27)7-5-10-31-12-14-33-16-17-34-15-13-32-11-9-22(28)29/h20-21,23H,2-18H2,1H3,(H,25,30)(H,28,29)/t20-,21-,23-/m0/s1. The molecule has 202 valence electrons. The van der Waals surface area contributed by atoms with Crippen LogP contribution in [0.15, 0.2) is 0 Å². The molecule has 2 aliphatic rings. The second-order valence-corrected chi connectivity index (χ2v) is 9.96. The number of urea groups is 1. The van der Waals surface area contributed by atoms with Crippen LogP contribution in [-0.2, 0) is 28.5 Å². The molecule has 0 aromatic carbocycles. The van der Waals surface area contributed by atoms with Gasteiger partial charge in [0.05, 0.1) is 64.8 Å². The fourth-order valence-electron chi connectivity index (χ4n) is 4.30. The number of rotatable bonds is 22. The van der Waals surface area contributed by atoms with Gasteiger partial charge in [0.15, 0.2) is 0 Å². The van der Waals surface area contributed by atoms with E-state index < -0.39 is 5.97 Å². The zero-order valence-corrected chi connectivity index (χ0v) is 21.7. The zero-order valence-electron chi connectivity index (χ0n) is 20.9. The predicted octanol–water partition coefficient (Wildman–Crippen LogP) is 2.33. The van der Waals surface area contributed by atoms with Crippen LogP contribution < -0.4 is 5.32 Å². The molecule has 2 rings (SSSR count). The summed E-state index contributed by atoms with van der Waals surface area (Å²) >= 11 is 1.95. The number of hydrogen-bond donors (Lipinski definition) is 2. The van der Waals surface area contributed by atoms with Gasteiger partial charge in [-0.1, -0.05) is 6.42 Å². The minimum atomic E-state index is -0.873. The quantitative estimate of drug-likeness (QED) is 0.164. The van der Waals surface area contributed by atoms with Crippen LogP contribution in [0.1, 0.15) is 51.9 Å². The van der Waals surface area contributed by atoms with Crippen molar-refractivity contribution in [3.05, 3.63) is 0 Å². The van der Waals surface area contributed by atoms with Crippen LogP contribution in [-0.4, -0.2) is 110 Å². The minimum Gasteiger partial charge on any atom is -0.481 e. The Balaban J connectivity index is 1.33. The van der Waals surface area contributed by atoms with Crippen molar-refractivity contribution in [3.8, 4) is 0 Å². The number of Topliss-reactive ketones (excluding diaryl/α,β-unsaturated/α-hetero) is 1. The van der Waals surface area contributed by atoms with Crippen molar-refractivity contribution < 1.29 is 38.4 Å². The van der Waals surface area contributed by atoms with Crippen molar-refractivity contribution in [1.29, 1.82) is 0 Å². The van der Waals surface area contributed by atoms with Crippen molar-refractivity contribution >= 4 is 29.5 Å². The van der Waals surface area contributed by atoms with Crippen LogP contribution in [0.25, 0.3) is 0 Å². The Hall–Kier alpha value is -1.40. The molecule has 11 heteroatoms. The maximum absolute atomic E-state index is 12.1. The molecule has 2 aliphatic heterocycles. The molecule has 0 saturated carbocycles. The summed E-state index contributed by atoms with van der Waals surface area (Å²) in [5.74, 6) is 0.406. The number of ether oxygens (including phenoxy) is 4. The molecule has 0 aliphatic carbocycles. The third-order valence-electron chi connectivity index (χ3n) is 6.07. The summed E-state index contributed by atoms with van der Waals surface area (Å²) in [7, 11) is 0. The summed E-state index contributed by atoms with van der Waals surface area (Å²) < 4.78 is 21.4. The van der Waals surface area contributed by atoms with E-state index in [-0.39, 0.29) is 25.1 Å². The number of carbonyl (C=O) groups excluding carboxylic acids is 2. The first-order valence-electron chi connectivity index (χ1n) is 12.8. The van der Waals surface area contributed by atoms with Gasteiger partial charge in [0.25, 0.3) is 0 Å². The number of amides is 2. The highest BCUT2D eigenvalue weighted by Crippen LogP contribution is 2.37. The van der Waals surface area contributed by atoms with Crippen molar-refractivity contribution in [3.63, 3.8) is 0 Å². The van der Waals surface area contributed by atoms with Crippen LogP contribution >= 0.6 is 11.8 Å². The van der Waals surface area contributed by atoms with Gasteiger partial charge < -0.3 is 34.3 Å². The van der Waals surface area contributed by atoms with Gasteiger partial charge in [-0.2, -0.15) is 11.8 Å². The number of fused-ring (bicyclic) bond motifs is 1. The van der Waals surface area contributed by atoms with Gasteiger partial charge in [-0.05, 0) is 26.2 Å². The molecule has 10 nitrogen and oxygen atoms in total. The Morgan fingerprint density at radius 2 is 1.51 bits per heavy atom. The Kier molecular flexibility index (Phi) is 15.3.